The number of sulfonamides is 1. The monoisotopic (exact) mass is 339 g/mol. The number of benzene rings is 1. The van der Waals surface area contributed by atoms with Gasteiger partial charge in [0.2, 0.25) is 10.0 Å². The van der Waals surface area contributed by atoms with Gasteiger partial charge < -0.3 is 9.15 Å². The van der Waals surface area contributed by atoms with E-state index in [4.69, 9.17) is 9.15 Å². The summed E-state index contributed by atoms with van der Waals surface area (Å²) in [5.41, 5.74) is 2.05. The van der Waals surface area contributed by atoms with E-state index in [2.05, 4.69) is 4.72 Å². The van der Waals surface area contributed by atoms with Crippen LogP contribution in [-0.4, -0.2) is 27.2 Å². The molecule has 0 aliphatic carbocycles. The standard InChI is InChI=1S/C16H21NO5S/c1-5-7-21-16(18)15-11-9-12(17-23(4,19)20)10(3)8-14(11)22-13(15)6-2/h8-9,17H,5-7H2,1-4H3. The van der Waals surface area contributed by atoms with E-state index in [-0.39, 0.29) is 0 Å². The summed E-state index contributed by atoms with van der Waals surface area (Å²) in [6, 6.07) is 3.34. The van der Waals surface area contributed by atoms with Gasteiger partial charge in [-0.25, -0.2) is 13.2 Å². The van der Waals surface area contributed by atoms with E-state index < -0.39 is 16.0 Å². The van der Waals surface area contributed by atoms with E-state index >= 15 is 0 Å². The molecule has 6 nitrogen and oxygen atoms in total. The molecular formula is C16H21NO5S. The number of esters is 1. The predicted molar refractivity (Wildman–Crippen MR) is 89.4 cm³/mol. The van der Waals surface area contributed by atoms with Gasteiger partial charge in [0.25, 0.3) is 0 Å². The van der Waals surface area contributed by atoms with E-state index in [0.29, 0.717) is 46.6 Å². The molecule has 0 unspecified atom stereocenters. The summed E-state index contributed by atoms with van der Waals surface area (Å²) in [7, 11) is -3.41. The van der Waals surface area contributed by atoms with Gasteiger partial charge in [-0.1, -0.05) is 13.8 Å². The normalized spacial score (nSPS) is 11.7. The predicted octanol–water partition coefficient (Wildman–Crippen LogP) is 3.24. The van der Waals surface area contributed by atoms with Crippen LogP contribution in [0, 0.1) is 6.92 Å². The second-order valence-corrected chi connectivity index (χ2v) is 7.18. The quantitative estimate of drug-likeness (QED) is 0.817. The Morgan fingerprint density at radius 3 is 2.57 bits per heavy atom. The second-order valence-electron chi connectivity index (χ2n) is 5.43. The second kappa shape index (κ2) is 6.62. The van der Waals surface area contributed by atoms with Crippen LogP contribution in [0.2, 0.25) is 0 Å². The van der Waals surface area contributed by atoms with Gasteiger partial charge in [0, 0.05) is 11.8 Å². The molecule has 7 heteroatoms. The van der Waals surface area contributed by atoms with Crippen molar-refractivity contribution in [2.45, 2.75) is 33.6 Å². The molecule has 2 aromatic rings. The lowest BCUT2D eigenvalue weighted by Crippen LogP contribution is -2.11. The van der Waals surface area contributed by atoms with Gasteiger partial charge in [-0.05, 0) is 31.0 Å². The zero-order chi connectivity index (χ0) is 17.2. The van der Waals surface area contributed by atoms with Crippen LogP contribution >= 0.6 is 0 Å². The number of fused-ring (bicyclic) bond motifs is 1. The van der Waals surface area contributed by atoms with Crippen molar-refractivity contribution in [3.05, 3.63) is 29.0 Å². The van der Waals surface area contributed by atoms with Crippen LogP contribution in [0.3, 0.4) is 0 Å². The summed E-state index contributed by atoms with van der Waals surface area (Å²) in [6.45, 7) is 5.90. The zero-order valence-electron chi connectivity index (χ0n) is 13.7. The first-order valence-corrected chi connectivity index (χ1v) is 9.36. The number of rotatable bonds is 6. The molecule has 0 aliphatic rings. The SMILES string of the molecule is CCCOC(=O)c1c(CC)oc2cc(C)c(NS(C)(=O)=O)cc12. The highest BCUT2D eigenvalue weighted by Gasteiger charge is 2.22. The molecule has 1 aromatic carbocycles. The molecule has 1 aromatic heterocycles. The first-order chi connectivity index (χ1) is 10.8. The van der Waals surface area contributed by atoms with Gasteiger partial charge in [-0.2, -0.15) is 0 Å². The van der Waals surface area contributed by atoms with E-state index in [1.165, 1.54) is 0 Å². The molecule has 0 saturated heterocycles. The van der Waals surface area contributed by atoms with Gasteiger partial charge in [0.15, 0.2) is 0 Å². The largest absolute Gasteiger partial charge is 0.462 e. The van der Waals surface area contributed by atoms with Crippen LogP contribution in [0.5, 0.6) is 0 Å². The number of carbonyl (C=O) groups is 1. The lowest BCUT2D eigenvalue weighted by Gasteiger charge is -2.08. The van der Waals surface area contributed by atoms with Gasteiger partial charge in [-0.15, -0.1) is 0 Å². The molecule has 126 valence electrons. The Hall–Kier alpha value is -2.02. The molecule has 1 N–H and O–H groups in total. The maximum Gasteiger partial charge on any atom is 0.342 e. The molecule has 0 radical (unpaired) electrons. The summed E-state index contributed by atoms with van der Waals surface area (Å²) in [5.74, 6) is 0.0913. The highest BCUT2D eigenvalue weighted by molar-refractivity contribution is 7.92. The van der Waals surface area contributed by atoms with Crippen LogP contribution in [0.15, 0.2) is 16.5 Å². The molecular weight excluding hydrogens is 318 g/mol. The number of carbonyl (C=O) groups excluding carboxylic acids is 1. The maximum absolute atomic E-state index is 12.3. The van der Waals surface area contributed by atoms with Gasteiger partial charge in [-0.3, -0.25) is 4.72 Å². The average molecular weight is 339 g/mol. The van der Waals surface area contributed by atoms with E-state index in [9.17, 15) is 13.2 Å². The highest BCUT2D eigenvalue weighted by Crippen LogP contribution is 2.32. The van der Waals surface area contributed by atoms with Crippen molar-refractivity contribution in [2.24, 2.45) is 0 Å². The van der Waals surface area contributed by atoms with Gasteiger partial charge in [0.05, 0.1) is 18.6 Å². The first kappa shape index (κ1) is 17.3. The van der Waals surface area contributed by atoms with Crippen LogP contribution in [0.1, 0.15) is 41.9 Å². The van der Waals surface area contributed by atoms with Crippen molar-refractivity contribution in [3.63, 3.8) is 0 Å². The fourth-order valence-electron chi connectivity index (χ4n) is 2.34. The molecule has 2 rings (SSSR count). The van der Waals surface area contributed by atoms with Crippen molar-refractivity contribution in [3.8, 4) is 0 Å². The van der Waals surface area contributed by atoms with Crippen molar-refractivity contribution < 1.29 is 22.4 Å². The molecule has 1 heterocycles. The van der Waals surface area contributed by atoms with Crippen molar-refractivity contribution in [1.29, 1.82) is 0 Å². The highest BCUT2D eigenvalue weighted by atomic mass is 32.2. The average Bonchev–Trinajstić information content (AvgIpc) is 2.81. The Morgan fingerprint density at radius 1 is 1.30 bits per heavy atom. The van der Waals surface area contributed by atoms with Crippen LogP contribution < -0.4 is 4.72 Å². The Kier molecular flexibility index (Phi) is 4.99. The number of hydrogen-bond acceptors (Lipinski definition) is 5. The third kappa shape index (κ3) is 3.85. The summed E-state index contributed by atoms with van der Waals surface area (Å²) in [4.78, 5) is 12.3. The van der Waals surface area contributed by atoms with Gasteiger partial charge in [0.1, 0.15) is 16.9 Å². The number of nitrogens with one attached hydrogen (secondary N) is 1. The van der Waals surface area contributed by atoms with E-state index in [0.717, 1.165) is 12.7 Å². The molecule has 0 amide bonds. The molecule has 0 spiro atoms. The van der Waals surface area contributed by atoms with E-state index in [1.807, 2.05) is 13.8 Å². The number of ether oxygens (including phenoxy) is 1. The van der Waals surface area contributed by atoms with Gasteiger partial charge >= 0.3 is 5.97 Å². The summed E-state index contributed by atoms with van der Waals surface area (Å²) >= 11 is 0. The molecule has 0 saturated carbocycles. The fraction of sp³-hybridized carbons (Fsp3) is 0.438. The number of furan rings is 1. The topological polar surface area (TPSA) is 85.6 Å². The summed E-state index contributed by atoms with van der Waals surface area (Å²) < 4.78 is 36.4. The van der Waals surface area contributed by atoms with Crippen molar-refractivity contribution >= 4 is 32.6 Å². The third-order valence-corrected chi connectivity index (χ3v) is 3.96. The zero-order valence-corrected chi connectivity index (χ0v) is 14.5. The lowest BCUT2D eigenvalue weighted by atomic mass is 10.1. The Bertz CT molecular complexity index is 836. The van der Waals surface area contributed by atoms with Crippen LogP contribution in [0.25, 0.3) is 11.0 Å². The molecule has 0 atom stereocenters. The lowest BCUT2D eigenvalue weighted by molar-refractivity contribution is 0.0504. The molecule has 0 fully saturated rings. The minimum atomic E-state index is -3.41. The third-order valence-electron chi connectivity index (χ3n) is 3.37. The minimum absolute atomic E-state index is 0.328. The Morgan fingerprint density at radius 2 is 2.00 bits per heavy atom. The van der Waals surface area contributed by atoms with Crippen molar-refractivity contribution in [1.82, 2.24) is 0 Å². The molecule has 0 bridgehead atoms. The maximum atomic E-state index is 12.3. The smallest absolute Gasteiger partial charge is 0.342 e. The molecule has 23 heavy (non-hydrogen) atoms. The number of aryl methyl sites for hydroxylation is 2. The summed E-state index contributed by atoms with van der Waals surface area (Å²) in [5, 5.41) is 0.555. The van der Waals surface area contributed by atoms with Crippen molar-refractivity contribution in [2.75, 3.05) is 17.6 Å². The Balaban J connectivity index is 2.60. The number of anilines is 1. The van der Waals surface area contributed by atoms with Crippen LogP contribution in [-0.2, 0) is 21.2 Å². The Labute approximate surface area is 135 Å². The first-order valence-electron chi connectivity index (χ1n) is 7.47. The minimum Gasteiger partial charge on any atom is -0.462 e. The van der Waals surface area contributed by atoms with E-state index in [1.54, 1.807) is 19.1 Å². The fourth-order valence-corrected chi connectivity index (χ4v) is 2.96. The van der Waals surface area contributed by atoms with Crippen LogP contribution in [0.4, 0.5) is 5.69 Å². The summed E-state index contributed by atoms with van der Waals surface area (Å²) in [6.07, 6.45) is 2.35. The number of hydrogen-bond donors (Lipinski definition) is 1. The molecule has 0 aliphatic heterocycles.